The zero-order chi connectivity index (χ0) is 15.8. The van der Waals surface area contributed by atoms with Gasteiger partial charge in [-0.25, -0.2) is 14.9 Å². The van der Waals surface area contributed by atoms with Gasteiger partial charge >= 0.3 is 5.69 Å². The highest BCUT2D eigenvalue weighted by atomic mass is 16.3. The van der Waals surface area contributed by atoms with E-state index in [1.54, 1.807) is 18.2 Å². The zero-order valence-corrected chi connectivity index (χ0v) is 11.9. The van der Waals surface area contributed by atoms with E-state index >= 15 is 0 Å². The first-order valence-corrected chi connectivity index (χ1v) is 7.04. The summed E-state index contributed by atoms with van der Waals surface area (Å²) >= 11 is 0. The van der Waals surface area contributed by atoms with Gasteiger partial charge in [0.15, 0.2) is 5.82 Å². The highest BCUT2D eigenvalue weighted by Crippen LogP contribution is 2.25. The van der Waals surface area contributed by atoms with E-state index in [4.69, 9.17) is 0 Å². The summed E-state index contributed by atoms with van der Waals surface area (Å²) in [5, 5.41) is 16.6. The average molecular weight is 304 g/mol. The number of nitrogens with zero attached hydrogens (tertiary/aromatic N) is 2. The Morgan fingerprint density at radius 1 is 0.913 bits per heavy atom. The Bertz CT molecular complexity index is 1050. The maximum absolute atomic E-state index is 11.1. The lowest BCUT2D eigenvalue weighted by atomic mass is 10.1. The van der Waals surface area contributed by atoms with Gasteiger partial charge in [0.2, 0.25) is 0 Å². The molecule has 0 bridgehead atoms. The van der Waals surface area contributed by atoms with Crippen molar-refractivity contribution >= 4 is 10.9 Å². The second kappa shape index (κ2) is 5.10. The van der Waals surface area contributed by atoms with Crippen molar-refractivity contribution < 1.29 is 5.11 Å². The lowest BCUT2D eigenvalue weighted by molar-refractivity contribution is 0.476. The minimum atomic E-state index is -0.330. The van der Waals surface area contributed by atoms with Crippen LogP contribution in [0.25, 0.3) is 33.5 Å². The molecule has 0 atom stereocenters. The van der Waals surface area contributed by atoms with Crippen LogP contribution in [0.2, 0.25) is 0 Å². The maximum atomic E-state index is 11.1. The first kappa shape index (κ1) is 13.3. The van der Waals surface area contributed by atoms with E-state index < -0.39 is 0 Å². The van der Waals surface area contributed by atoms with Crippen LogP contribution < -0.4 is 5.69 Å². The molecular weight excluding hydrogens is 292 g/mol. The predicted octanol–water partition coefficient (Wildman–Crippen LogP) is 2.69. The molecule has 0 aliphatic rings. The molecule has 6 heteroatoms. The van der Waals surface area contributed by atoms with Crippen molar-refractivity contribution in [2.24, 2.45) is 0 Å². The van der Waals surface area contributed by atoms with E-state index in [2.05, 4.69) is 20.2 Å². The van der Waals surface area contributed by atoms with Crippen LogP contribution in [0.4, 0.5) is 0 Å². The number of nitrogens with one attached hydrogen (secondary N) is 2. The number of H-pyrrole nitrogens is 2. The van der Waals surface area contributed by atoms with Gasteiger partial charge in [0, 0.05) is 16.5 Å². The molecule has 0 aliphatic carbocycles. The normalized spacial score (nSPS) is 11.0. The van der Waals surface area contributed by atoms with Crippen molar-refractivity contribution in [3.8, 4) is 28.4 Å². The number of fused-ring (bicyclic) bond motifs is 1. The summed E-state index contributed by atoms with van der Waals surface area (Å²) in [5.74, 6) is 0.730. The smallest absolute Gasteiger partial charge is 0.340 e. The standard InChI is InChI=1S/C17H12N4O2/c22-13-6-8-15-12(9-13)5-7-14(18-15)10-1-3-11(4-2-10)16-19-17(23)21-20-16/h1-9,22H,(H2,19,20,21,23). The minimum Gasteiger partial charge on any atom is -0.508 e. The van der Waals surface area contributed by atoms with Gasteiger partial charge in [-0.1, -0.05) is 30.3 Å². The average Bonchev–Trinajstić information content (AvgIpc) is 3.01. The molecule has 0 amide bonds. The van der Waals surface area contributed by atoms with Crippen molar-refractivity contribution in [3.63, 3.8) is 0 Å². The molecule has 0 radical (unpaired) electrons. The Kier molecular flexibility index (Phi) is 2.94. The van der Waals surface area contributed by atoms with Crippen LogP contribution in [0.15, 0.2) is 59.4 Å². The number of hydrogen-bond donors (Lipinski definition) is 3. The van der Waals surface area contributed by atoms with Crippen LogP contribution in [-0.4, -0.2) is 25.3 Å². The summed E-state index contributed by atoms with van der Waals surface area (Å²) in [5.41, 5.74) is 3.11. The first-order chi connectivity index (χ1) is 11.2. The summed E-state index contributed by atoms with van der Waals surface area (Å²) in [6.07, 6.45) is 0. The van der Waals surface area contributed by atoms with Crippen molar-refractivity contribution in [3.05, 3.63) is 65.1 Å². The van der Waals surface area contributed by atoms with Gasteiger partial charge in [-0.2, -0.15) is 5.10 Å². The van der Waals surface area contributed by atoms with Crippen LogP contribution >= 0.6 is 0 Å². The Labute approximate surface area is 130 Å². The topological polar surface area (TPSA) is 94.7 Å². The third-order valence-electron chi connectivity index (χ3n) is 3.63. The number of aromatic hydroxyl groups is 1. The van der Waals surface area contributed by atoms with Crippen molar-refractivity contribution in [2.45, 2.75) is 0 Å². The maximum Gasteiger partial charge on any atom is 0.340 e. The summed E-state index contributed by atoms with van der Waals surface area (Å²) in [4.78, 5) is 18.3. The Morgan fingerprint density at radius 2 is 1.70 bits per heavy atom. The Balaban J connectivity index is 1.73. The third kappa shape index (κ3) is 2.46. The molecule has 0 unspecified atom stereocenters. The summed E-state index contributed by atoms with van der Waals surface area (Å²) < 4.78 is 0. The first-order valence-electron chi connectivity index (χ1n) is 7.04. The quantitative estimate of drug-likeness (QED) is 0.530. The SMILES string of the molecule is O=c1[nH]nc(-c2ccc(-c3ccc4cc(O)ccc4n3)cc2)[nH]1. The molecule has 0 aliphatic heterocycles. The number of aromatic nitrogens is 4. The summed E-state index contributed by atoms with van der Waals surface area (Å²) in [7, 11) is 0. The lowest BCUT2D eigenvalue weighted by Gasteiger charge is -2.04. The van der Waals surface area contributed by atoms with Gasteiger partial charge in [-0.15, -0.1) is 0 Å². The highest BCUT2D eigenvalue weighted by Gasteiger charge is 2.05. The van der Waals surface area contributed by atoms with E-state index in [0.29, 0.717) is 5.82 Å². The van der Waals surface area contributed by atoms with Crippen LogP contribution in [0.5, 0.6) is 5.75 Å². The van der Waals surface area contributed by atoms with Crippen LogP contribution in [0.1, 0.15) is 0 Å². The zero-order valence-electron chi connectivity index (χ0n) is 11.9. The molecule has 0 spiro atoms. The van der Waals surface area contributed by atoms with Gasteiger partial charge in [0.1, 0.15) is 5.75 Å². The number of aromatic amines is 2. The summed E-state index contributed by atoms with van der Waals surface area (Å²) in [6, 6.07) is 16.5. The van der Waals surface area contributed by atoms with Crippen molar-refractivity contribution in [2.75, 3.05) is 0 Å². The number of hydrogen-bond acceptors (Lipinski definition) is 4. The molecule has 112 valence electrons. The van der Waals surface area contributed by atoms with Crippen LogP contribution in [0.3, 0.4) is 0 Å². The largest absolute Gasteiger partial charge is 0.508 e. The number of pyridine rings is 1. The molecule has 0 saturated carbocycles. The molecule has 23 heavy (non-hydrogen) atoms. The van der Waals surface area contributed by atoms with Crippen LogP contribution in [-0.2, 0) is 0 Å². The Morgan fingerprint density at radius 3 is 2.43 bits per heavy atom. The molecule has 2 aromatic carbocycles. The van der Waals surface area contributed by atoms with Crippen molar-refractivity contribution in [1.29, 1.82) is 0 Å². The third-order valence-corrected chi connectivity index (χ3v) is 3.63. The van der Waals surface area contributed by atoms with E-state index in [-0.39, 0.29) is 11.4 Å². The Hall–Kier alpha value is -3.41. The van der Waals surface area contributed by atoms with Gasteiger partial charge in [-0.3, -0.25) is 4.98 Å². The molecule has 6 nitrogen and oxygen atoms in total. The van der Waals surface area contributed by atoms with Gasteiger partial charge in [-0.05, 0) is 24.3 Å². The van der Waals surface area contributed by atoms with Crippen molar-refractivity contribution in [1.82, 2.24) is 20.2 Å². The number of phenols is 1. The molecule has 2 heterocycles. The fraction of sp³-hybridized carbons (Fsp3) is 0. The van der Waals surface area contributed by atoms with E-state index in [1.807, 2.05) is 36.4 Å². The second-order valence-corrected chi connectivity index (χ2v) is 5.18. The second-order valence-electron chi connectivity index (χ2n) is 5.18. The van der Waals surface area contributed by atoms with E-state index in [0.717, 1.165) is 27.7 Å². The number of benzene rings is 2. The predicted molar refractivity (Wildman–Crippen MR) is 87.0 cm³/mol. The van der Waals surface area contributed by atoms with Gasteiger partial charge in [0.25, 0.3) is 0 Å². The summed E-state index contributed by atoms with van der Waals surface area (Å²) in [6.45, 7) is 0. The monoisotopic (exact) mass is 304 g/mol. The minimum absolute atomic E-state index is 0.226. The van der Waals surface area contributed by atoms with Crippen LogP contribution in [0, 0.1) is 0 Å². The molecule has 0 fully saturated rings. The molecule has 4 aromatic rings. The lowest BCUT2D eigenvalue weighted by Crippen LogP contribution is -2.00. The molecule has 4 rings (SSSR count). The van der Waals surface area contributed by atoms with E-state index in [9.17, 15) is 9.90 Å². The molecular formula is C17H12N4O2. The number of rotatable bonds is 2. The molecule has 0 saturated heterocycles. The van der Waals surface area contributed by atoms with Gasteiger partial charge < -0.3 is 5.11 Å². The highest BCUT2D eigenvalue weighted by molar-refractivity contribution is 5.83. The molecule has 2 aromatic heterocycles. The van der Waals surface area contributed by atoms with Gasteiger partial charge in [0.05, 0.1) is 11.2 Å². The number of phenolic OH excluding ortho intramolecular Hbond substituents is 1. The fourth-order valence-corrected chi connectivity index (χ4v) is 2.48. The fourth-order valence-electron chi connectivity index (χ4n) is 2.48. The van der Waals surface area contributed by atoms with E-state index in [1.165, 1.54) is 0 Å². The molecule has 3 N–H and O–H groups in total.